The molecule has 0 aliphatic carbocycles. The largest absolute Gasteiger partial charge is 0.353 e. The van der Waals surface area contributed by atoms with Crippen molar-refractivity contribution in [3.05, 3.63) is 48.6 Å². The molecule has 1 rings (SSSR count). The summed E-state index contributed by atoms with van der Waals surface area (Å²) in [5.74, 6) is -0.133. The number of carbonyl (C=O) groups is 2. The van der Waals surface area contributed by atoms with Crippen LogP contribution in [0.2, 0.25) is 0 Å². The zero-order valence-electron chi connectivity index (χ0n) is 10.3. The zero-order valence-corrected chi connectivity index (χ0v) is 10.3. The Morgan fingerprint density at radius 3 is 2.56 bits per heavy atom. The Bertz CT molecular complexity index is 402. The molecule has 0 saturated heterocycles. The summed E-state index contributed by atoms with van der Waals surface area (Å²) in [5, 5.41) is 5.45. The van der Waals surface area contributed by atoms with Gasteiger partial charge < -0.3 is 10.6 Å². The van der Waals surface area contributed by atoms with Crippen LogP contribution < -0.4 is 10.6 Å². The SMILES string of the molecule is C=CCNC(=O)CCCNC(=O)c1ccccc1. The molecule has 1 aromatic rings. The van der Waals surface area contributed by atoms with E-state index in [-0.39, 0.29) is 11.8 Å². The number of carbonyl (C=O) groups excluding carboxylic acids is 2. The van der Waals surface area contributed by atoms with Crippen LogP contribution in [0.1, 0.15) is 23.2 Å². The number of benzene rings is 1. The zero-order chi connectivity index (χ0) is 13.2. The first-order valence-electron chi connectivity index (χ1n) is 5.95. The first kappa shape index (κ1) is 14.0. The molecule has 0 fully saturated rings. The lowest BCUT2D eigenvalue weighted by atomic mass is 10.2. The van der Waals surface area contributed by atoms with Crippen LogP contribution >= 0.6 is 0 Å². The maximum absolute atomic E-state index is 11.6. The molecule has 0 bridgehead atoms. The monoisotopic (exact) mass is 246 g/mol. The van der Waals surface area contributed by atoms with Crippen molar-refractivity contribution in [3.8, 4) is 0 Å². The van der Waals surface area contributed by atoms with Gasteiger partial charge in [-0.15, -0.1) is 6.58 Å². The topological polar surface area (TPSA) is 58.2 Å². The molecule has 2 N–H and O–H groups in total. The Kier molecular flexibility index (Phi) is 6.25. The molecule has 1 aromatic carbocycles. The summed E-state index contributed by atoms with van der Waals surface area (Å²) in [5.41, 5.74) is 0.633. The third kappa shape index (κ3) is 5.30. The molecule has 4 heteroatoms. The van der Waals surface area contributed by atoms with Gasteiger partial charge in [0.15, 0.2) is 0 Å². The average Bonchev–Trinajstić information content (AvgIpc) is 2.42. The number of rotatable bonds is 7. The van der Waals surface area contributed by atoms with Crippen LogP contribution in [0.3, 0.4) is 0 Å². The third-order valence-corrected chi connectivity index (χ3v) is 2.35. The molecule has 0 aliphatic rings. The summed E-state index contributed by atoms with van der Waals surface area (Å²) in [4.78, 5) is 22.9. The van der Waals surface area contributed by atoms with Gasteiger partial charge in [0.1, 0.15) is 0 Å². The van der Waals surface area contributed by atoms with E-state index in [1.54, 1.807) is 18.2 Å². The van der Waals surface area contributed by atoms with E-state index in [4.69, 9.17) is 0 Å². The molecule has 0 heterocycles. The Hall–Kier alpha value is -2.10. The Balaban J connectivity index is 2.17. The molecular formula is C14H18N2O2. The summed E-state index contributed by atoms with van der Waals surface area (Å²) in [7, 11) is 0. The maximum Gasteiger partial charge on any atom is 0.251 e. The van der Waals surface area contributed by atoms with Crippen molar-refractivity contribution in [1.29, 1.82) is 0 Å². The van der Waals surface area contributed by atoms with Gasteiger partial charge in [0.25, 0.3) is 5.91 Å². The molecule has 0 unspecified atom stereocenters. The second-order valence-electron chi connectivity index (χ2n) is 3.82. The minimum atomic E-state index is -0.109. The van der Waals surface area contributed by atoms with Crippen molar-refractivity contribution in [3.63, 3.8) is 0 Å². The molecular weight excluding hydrogens is 228 g/mol. The van der Waals surface area contributed by atoms with Gasteiger partial charge >= 0.3 is 0 Å². The van der Waals surface area contributed by atoms with E-state index >= 15 is 0 Å². The number of amides is 2. The van der Waals surface area contributed by atoms with Gasteiger partial charge in [0, 0.05) is 25.1 Å². The van der Waals surface area contributed by atoms with E-state index in [0.717, 1.165) is 0 Å². The summed E-state index contributed by atoms with van der Waals surface area (Å²) in [6, 6.07) is 9.01. The highest BCUT2D eigenvalue weighted by Crippen LogP contribution is 1.98. The van der Waals surface area contributed by atoms with E-state index in [0.29, 0.717) is 31.5 Å². The van der Waals surface area contributed by atoms with Crippen molar-refractivity contribution >= 4 is 11.8 Å². The molecule has 0 aliphatic heterocycles. The lowest BCUT2D eigenvalue weighted by Crippen LogP contribution is -2.27. The second-order valence-corrected chi connectivity index (χ2v) is 3.82. The van der Waals surface area contributed by atoms with E-state index < -0.39 is 0 Å². The van der Waals surface area contributed by atoms with Crippen LogP contribution in [0.15, 0.2) is 43.0 Å². The predicted molar refractivity (Wildman–Crippen MR) is 71.2 cm³/mol. The average molecular weight is 246 g/mol. The fraction of sp³-hybridized carbons (Fsp3) is 0.286. The fourth-order valence-corrected chi connectivity index (χ4v) is 1.42. The normalized spacial score (nSPS) is 9.56. The van der Waals surface area contributed by atoms with Crippen molar-refractivity contribution in [2.24, 2.45) is 0 Å². The first-order valence-corrected chi connectivity index (χ1v) is 5.95. The number of hydrogen-bond acceptors (Lipinski definition) is 2. The van der Waals surface area contributed by atoms with Gasteiger partial charge in [-0.05, 0) is 18.6 Å². The summed E-state index contributed by atoms with van der Waals surface area (Å²) >= 11 is 0. The van der Waals surface area contributed by atoms with Gasteiger partial charge in [0.2, 0.25) is 5.91 Å². The van der Waals surface area contributed by atoms with Crippen LogP contribution in [0, 0.1) is 0 Å². The molecule has 4 nitrogen and oxygen atoms in total. The molecule has 0 aromatic heterocycles. The smallest absolute Gasteiger partial charge is 0.251 e. The molecule has 0 saturated carbocycles. The van der Waals surface area contributed by atoms with Crippen LogP contribution in [0.5, 0.6) is 0 Å². The van der Waals surface area contributed by atoms with E-state index in [1.165, 1.54) is 0 Å². The highest BCUT2D eigenvalue weighted by molar-refractivity contribution is 5.94. The van der Waals surface area contributed by atoms with Crippen molar-refractivity contribution < 1.29 is 9.59 Å². The molecule has 0 radical (unpaired) electrons. The van der Waals surface area contributed by atoms with Crippen molar-refractivity contribution in [1.82, 2.24) is 10.6 Å². The second kappa shape index (κ2) is 8.06. The van der Waals surface area contributed by atoms with Gasteiger partial charge in [-0.1, -0.05) is 24.3 Å². The predicted octanol–water partition coefficient (Wildman–Crippen LogP) is 1.50. The Morgan fingerprint density at radius 1 is 1.17 bits per heavy atom. The quantitative estimate of drug-likeness (QED) is 0.566. The number of nitrogens with one attached hydrogen (secondary N) is 2. The molecule has 0 spiro atoms. The lowest BCUT2D eigenvalue weighted by Gasteiger charge is -2.05. The molecule has 2 amide bonds. The molecule has 18 heavy (non-hydrogen) atoms. The van der Waals surface area contributed by atoms with Crippen LogP contribution in [0.25, 0.3) is 0 Å². The highest BCUT2D eigenvalue weighted by Gasteiger charge is 2.04. The summed E-state index contributed by atoms with van der Waals surface area (Å²) < 4.78 is 0. The van der Waals surface area contributed by atoms with Crippen molar-refractivity contribution in [2.45, 2.75) is 12.8 Å². The van der Waals surface area contributed by atoms with Gasteiger partial charge in [-0.3, -0.25) is 9.59 Å². The maximum atomic E-state index is 11.6. The van der Waals surface area contributed by atoms with Gasteiger partial charge in [-0.25, -0.2) is 0 Å². The third-order valence-electron chi connectivity index (χ3n) is 2.35. The van der Waals surface area contributed by atoms with E-state index in [1.807, 2.05) is 18.2 Å². The molecule has 0 atom stereocenters. The fourth-order valence-electron chi connectivity index (χ4n) is 1.42. The van der Waals surface area contributed by atoms with Crippen LogP contribution in [-0.2, 0) is 4.79 Å². The summed E-state index contributed by atoms with van der Waals surface area (Å²) in [6.45, 7) is 4.49. The minimum absolute atomic E-state index is 0.0242. The lowest BCUT2D eigenvalue weighted by molar-refractivity contribution is -0.120. The number of hydrogen-bond donors (Lipinski definition) is 2. The first-order chi connectivity index (χ1) is 8.74. The Labute approximate surface area is 107 Å². The Morgan fingerprint density at radius 2 is 1.89 bits per heavy atom. The van der Waals surface area contributed by atoms with Gasteiger partial charge in [0.05, 0.1) is 0 Å². The van der Waals surface area contributed by atoms with Crippen LogP contribution in [0.4, 0.5) is 0 Å². The standard InChI is InChI=1S/C14H18N2O2/c1-2-10-15-13(17)9-6-11-16-14(18)12-7-4-3-5-8-12/h2-5,7-8H,1,6,9-11H2,(H,15,17)(H,16,18). The van der Waals surface area contributed by atoms with Crippen molar-refractivity contribution in [2.75, 3.05) is 13.1 Å². The van der Waals surface area contributed by atoms with E-state index in [9.17, 15) is 9.59 Å². The highest BCUT2D eigenvalue weighted by atomic mass is 16.2. The van der Waals surface area contributed by atoms with Crippen LogP contribution in [-0.4, -0.2) is 24.9 Å². The van der Waals surface area contributed by atoms with E-state index in [2.05, 4.69) is 17.2 Å². The summed E-state index contributed by atoms with van der Waals surface area (Å²) in [6.07, 6.45) is 2.67. The molecule has 96 valence electrons. The van der Waals surface area contributed by atoms with Gasteiger partial charge in [-0.2, -0.15) is 0 Å². The minimum Gasteiger partial charge on any atom is -0.353 e.